The van der Waals surface area contributed by atoms with Crippen LogP contribution in [0.1, 0.15) is 44.7 Å². The van der Waals surface area contributed by atoms with E-state index in [4.69, 9.17) is 0 Å². The van der Waals surface area contributed by atoms with E-state index in [9.17, 15) is 9.59 Å². The van der Waals surface area contributed by atoms with Crippen LogP contribution < -0.4 is 15.5 Å². The highest BCUT2D eigenvalue weighted by Gasteiger charge is 2.25. The SMILES string of the molecule is CC(C)CCNC(=O)C(=O)NCC(c1ccc(N(C)C)cc1)N1CCCC1. The molecule has 1 aromatic rings. The first-order valence-electron chi connectivity index (χ1n) is 9.96. The minimum absolute atomic E-state index is 0.0936. The zero-order chi connectivity index (χ0) is 19.8. The van der Waals surface area contributed by atoms with E-state index in [-0.39, 0.29) is 6.04 Å². The molecule has 2 amide bonds. The maximum atomic E-state index is 12.2. The highest BCUT2D eigenvalue weighted by molar-refractivity contribution is 6.35. The van der Waals surface area contributed by atoms with Crippen molar-refractivity contribution >= 4 is 17.5 Å². The Balaban J connectivity index is 1.96. The standard InChI is InChI=1S/C21H34N4O2/c1-16(2)11-12-22-20(26)21(27)23-15-19(25-13-5-6-14-25)17-7-9-18(10-8-17)24(3)4/h7-10,16,19H,5-6,11-15H2,1-4H3,(H,22,26)(H,23,27). The van der Waals surface area contributed by atoms with Crippen LogP contribution in [0.3, 0.4) is 0 Å². The molecule has 0 radical (unpaired) electrons. The highest BCUT2D eigenvalue weighted by atomic mass is 16.2. The first-order valence-corrected chi connectivity index (χ1v) is 9.96. The van der Waals surface area contributed by atoms with Crippen molar-refractivity contribution < 1.29 is 9.59 Å². The van der Waals surface area contributed by atoms with E-state index in [1.165, 1.54) is 18.4 Å². The molecule has 1 aliphatic heterocycles. The Morgan fingerprint density at radius 3 is 2.19 bits per heavy atom. The molecule has 1 saturated heterocycles. The van der Waals surface area contributed by atoms with Crippen molar-refractivity contribution in [2.45, 2.75) is 39.2 Å². The zero-order valence-corrected chi connectivity index (χ0v) is 17.1. The molecule has 1 heterocycles. The summed E-state index contributed by atoms with van der Waals surface area (Å²) in [6.45, 7) is 7.21. The topological polar surface area (TPSA) is 64.7 Å². The second kappa shape index (κ2) is 10.3. The molecule has 1 aromatic carbocycles. The average molecular weight is 375 g/mol. The Morgan fingerprint density at radius 2 is 1.63 bits per heavy atom. The van der Waals surface area contributed by atoms with E-state index >= 15 is 0 Å². The van der Waals surface area contributed by atoms with Crippen molar-refractivity contribution in [3.05, 3.63) is 29.8 Å². The quantitative estimate of drug-likeness (QED) is 0.685. The number of likely N-dealkylation sites (tertiary alicyclic amines) is 1. The van der Waals surface area contributed by atoms with Gasteiger partial charge in [-0.05, 0) is 56.0 Å². The minimum Gasteiger partial charge on any atom is -0.378 e. The third-order valence-corrected chi connectivity index (χ3v) is 5.05. The van der Waals surface area contributed by atoms with E-state index in [1.54, 1.807) is 0 Å². The fourth-order valence-corrected chi connectivity index (χ4v) is 3.33. The van der Waals surface area contributed by atoms with Crippen molar-refractivity contribution in [2.24, 2.45) is 5.92 Å². The van der Waals surface area contributed by atoms with Gasteiger partial charge in [0.1, 0.15) is 0 Å². The molecule has 2 rings (SSSR count). The molecular weight excluding hydrogens is 340 g/mol. The molecule has 0 bridgehead atoms. The lowest BCUT2D eigenvalue weighted by Crippen LogP contribution is -2.44. The lowest BCUT2D eigenvalue weighted by Gasteiger charge is -2.28. The van der Waals surface area contributed by atoms with Gasteiger partial charge in [-0.3, -0.25) is 14.5 Å². The second-order valence-corrected chi connectivity index (χ2v) is 7.89. The number of nitrogens with zero attached hydrogens (tertiary/aromatic N) is 2. The molecule has 0 spiro atoms. The molecule has 0 aliphatic carbocycles. The minimum atomic E-state index is -0.548. The number of anilines is 1. The molecule has 6 heteroatoms. The van der Waals surface area contributed by atoms with Crippen LogP contribution in [0.5, 0.6) is 0 Å². The van der Waals surface area contributed by atoms with Crippen molar-refractivity contribution in [2.75, 3.05) is 45.2 Å². The fraction of sp³-hybridized carbons (Fsp3) is 0.619. The number of hydrogen-bond donors (Lipinski definition) is 2. The normalized spacial score (nSPS) is 15.6. The van der Waals surface area contributed by atoms with E-state index < -0.39 is 11.8 Å². The van der Waals surface area contributed by atoms with E-state index in [0.717, 1.165) is 25.2 Å². The predicted octanol–water partition coefficient (Wildman–Crippen LogP) is 2.17. The summed E-state index contributed by atoms with van der Waals surface area (Å²) in [7, 11) is 4.04. The monoisotopic (exact) mass is 374 g/mol. The lowest BCUT2D eigenvalue weighted by molar-refractivity contribution is -0.139. The van der Waals surface area contributed by atoms with Gasteiger partial charge in [0.15, 0.2) is 0 Å². The zero-order valence-electron chi connectivity index (χ0n) is 17.1. The van der Waals surface area contributed by atoms with Crippen LogP contribution >= 0.6 is 0 Å². The lowest BCUT2D eigenvalue weighted by atomic mass is 10.0. The number of benzene rings is 1. The Hall–Kier alpha value is -2.08. The van der Waals surface area contributed by atoms with Crippen LogP contribution in [-0.2, 0) is 9.59 Å². The maximum absolute atomic E-state index is 12.2. The predicted molar refractivity (Wildman–Crippen MR) is 110 cm³/mol. The van der Waals surface area contributed by atoms with Gasteiger partial charge >= 0.3 is 11.8 Å². The van der Waals surface area contributed by atoms with Gasteiger partial charge in [0.25, 0.3) is 0 Å². The van der Waals surface area contributed by atoms with Gasteiger partial charge in [0.2, 0.25) is 0 Å². The van der Waals surface area contributed by atoms with Gasteiger partial charge in [0.05, 0.1) is 6.04 Å². The molecule has 0 aromatic heterocycles. The van der Waals surface area contributed by atoms with Crippen molar-refractivity contribution in [1.82, 2.24) is 15.5 Å². The van der Waals surface area contributed by atoms with Gasteiger partial charge < -0.3 is 15.5 Å². The van der Waals surface area contributed by atoms with Gasteiger partial charge in [-0.15, -0.1) is 0 Å². The summed E-state index contributed by atoms with van der Waals surface area (Å²) in [5.74, 6) is -0.593. The molecule has 1 fully saturated rings. The summed E-state index contributed by atoms with van der Waals surface area (Å²) >= 11 is 0. The van der Waals surface area contributed by atoms with Crippen LogP contribution in [0.25, 0.3) is 0 Å². The summed E-state index contributed by atoms with van der Waals surface area (Å²) in [5, 5.41) is 5.53. The van der Waals surface area contributed by atoms with Crippen LogP contribution in [0.2, 0.25) is 0 Å². The maximum Gasteiger partial charge on any atom is 0.309 e. The molecule has 27 heavy (non-hydrogen) atoms. The molecule has 2 N–H and O–H groups in total. The number of carbonyl (C=O) groups excluding carboxylic acids is 2. The summed E-state index contributed by atoms with van der Waals surface area (Å²) in [5.41, 5.74) is 2.32. The van der Waals surface area contributed by atoms with Crippen LogP contribution in [-0.4, -0.2) is 57.0 Å². The van der Waals surface area contributed by atoms with Crippen molar-refractivity contribution in [3.8, 4) is 0 Å². The first kappa shape index (κ1) is 21.2. The molecular formula is C21H34N4O2. The summed E-state index contributed by atoms with van der Waals surface area (Å²) in [4.78, 5) is 28.6. The van der Waals surface area contributed by atoms with Crippen LogP contribution in [0, 0.1) is 5.92 Å². The van der Waals surface area contributed by atoms with Gasteiger partial charge in [-0.1, -0.05) is 26.0 Å². The smallest absolute Gasteiger partial charge is 0.309 e. The van der Waals surface area contributed by atoms with E-state index in [2.05, 4.69) is 58.5 Å². The molecule has 1 unspecified atom stereocenters. The van der Waals surface area contributed by atoms with Crippen LogP contribution in [0.4, 0.5) is 5.69 Å². The fourth-order valence-electron chi connectivity index (χ4n) is 3.33. The molecule has 150 valence electrons. The Bertz CT molecular complexity index is 607. The molecule has 6 nitrogen and oxygen atoms in total. The van der Waals surface area contributed by atoms with E-state index in [1.807, 2.05) is 14.1 Å². The highest BCUT2D eigenvalue weighted by Crippen LogP contribution is 2.26. The Morgan fingerprint density at radius 1 is 1.04 bits per heavy atom. The van der Waals surface area contributed by atoms with Crippen LogP contribution in [0.15, 0.2) is 24.3 Å². The number of carbonyl (C=O) groups is 2. The van der Waals surface area contributed by atoms with Gasteiger partial charge in [-0.25, -0.2) is 0 Å². The van der Waals surface area contributed by atoms with Crippen molar-refractivity contribution in [1.29, 1.82) is 0 Å². The third kappa shape index (κ3) is 6.54. The first-order chi connectivity index (χ1) is 12.9. The molecule has 1 atom stereocenters. The second-order valence-electron chi connectivity index (χ2n) is 7.89. The summed E-state index contributed by atoms with van der Waals surface area (Å²) < 4.78 is 0. The molecule has 0 saturated carbocycles. The number of amides is 2. The largest absolute Gasteiger partial charge is 0.378 e. The Kier molecular flexibility index (Phi) is 8.10. The number of rotatable bonds is 8. The van der Waals surface area contributed by atoms with Crippen molar-refractivity contribution in [3.63, 3.8) is 0 Å². The van der Waals surface area contributed by atoms with Gasteiger partial charge in [0, 0.05) is 32.9 Å². The number of hydrogen-bond acceptors (Lipinski definition) is 4. The van der Waals surface area contributed by atoms with Gasteiger partial charge in [-0.2, -0.15) is 0 Å². The van der Waals surface area contributed by atoms with E-state index in [0.29, 0.717) is 19.0 Å². The molecule has 1 aliphatic rings. The number of nitrogens with one attached hydrogen (secondary N) is 2. The summed E-state index contributed by atoms with van der Waals surface area (Å²) in [6, 6.07) is 8.52. The Labute approximate surface area is 163 Å². The average Bonchev–Trinajstić information content (AvgIpc) is 3.16. The summed E-state index contributed by atoms with van der Waals surface area (Å²) in [6.07, 6.45) is 3.22. The third-order valence-electron chi connectivity index (χ3n) is 5.05.